The first-order valence-corrected chi connectivity index (χ1v) is 11.0. The van der Waals surface area contributed by atoms with E-state index in [2.05, 4.69) is 10.7 Å². The fourth-order valence-corrected chi connectivity index (χ4v) is 4.19. The lowest BCUT2D eigenvalue weighted by Gasteiger charge is -2.25. The molecule has 2 aromatic carbocycles. The van der Waals surface area contributed by atoms with Gasteiger partial charge in [0.25, 0.3) is 5.91 Å². The SMILES string of the molecule is Cc1ccc(C)n1NC(=O)c1cccc(NC(=O)[C@H]2CC(=O)N([C@H](C)c3ccccc3)C2)c1. The van der Waals surface area contributed by atoms with Crippen LogP contribution < -0.4 is 10.7 Å². The summed E-state index contributed by atoms with van der Waals surface area (Å²) in [6.45, 7) is 6.17. The van der Waals surface area contributed by atoms with Gasteiger partial charge in [0.05, 0.1) is 12.0 Å². The summed E-state index contributed by atoms with van der Waals surface area (Å²) < 4.78 is 1.72. The lowest BCUT2D eigenvalue weighted by atomic mass is 10.1. The van der Waals surface area contributed by atoms with E-state index in [0.717, 1.165) is 17.0 Å². The Bertz CT molecular complexity index is 1170. The number of amides is 3. The molecule has 1 aliphatic rings. The predicted octanol–water partition coefficient (Wildman–Crippen LogP) is 4.04. The highest BCUT2D eigenvalue weighted by molar-refractivity contribution is 6.02. The summed E-state index contributed by atoms with van der Waals surface area (Å²) in [7, 11) is 0. The van der Waals surface area contributed by atoms with Gasteiger partial charge in [0, 0.05) is 35.6 Å². The Balaban J connectivity index is 1.41. The van der Waals surface area contributed by atoms with Gasteiger partial charge in [-0.15, -0.1) is 0 Å². The molecule has 2 atom stereocenters. The summed E-state index contributed by atoms with van der Waals surface area (Å²) in [4.78, 5) is 40.0. The van der Waals surface area contributed by atoms with Crippen molar-refractivity contribution >= 4 is 23.4 Å². The van der Waals surface area contributed by atoms with Crippen molar-refractivity contribution < 1.29 is 14.4 Å². The molecule has 1 aliphatic heterocycles. The third-order valence-corrected chi connectivity index (χ3v) is 6.16. The fourth-order valence-electron chi connectivity index (χ4n) is 4.19. The molecule has 0 saturated carbocycles. The lowest BCUT2D eigenvalue weighted by Crippen LogP contribution is -2.30. The van der Waals surface area contributed by atoms with Crippen molar-refractivity contribution in [2.45, 2.75) is 33.2 Å². The van der Waals surface area contributed by atoms with Crippen LogP contribution in [0.4, 0.5) is 5.69 Å². The molecule has 7 heteroatoms. The third-order valence-electron chi connectivity index (χ3n) is 6.16. The first-order valence-electron chi connectivity index (χ1n) is 11.0. The number of nitrogens with one attached hydrogen (secondary N) is 2. The first-order chi connectivity index (χ1) is 15.8. The van der Waals surface area contributed by atoms with Crippen LogP contribution in [-0.2, 0) is 9.59 Å². The quantitative estimate of drug-likeness (QED) is 0.602. The predicted molar refractivity (Wildman–Crippen MR) is 127 cm³/mol. The monoisotopic (exact) mass is 444 g/mol. The minimum absolute atomic E-state index is 0.0305. The average molecular weight is 445 g/mol. The summed E-state index contributed by atoms with van der Waals surface area (Å²) in [5.74, 6) is -0.961. The van der Waals surface area contributed by atoms with E-state index in [0.29, 0.717) is 17.8 Å². The molecular weight excluding hydrogens is 416 g/mol. The van der Waals surface area contributed by atoms with Gasteiger partial charge in [0.15, 0.2) is 0 Å². The summed E-state index contributed by atoms with van der Waals surface area (Å²) in [5, 5.41) is 2.88. The van der Waals surface area contributed by atoms with Gasteiger partial charge in [0.2, 0.25) is 11.8 Å². The van der Waals surface area contributed by atoms with E-state index < -0.39 is 5.92 Å². The molecule has 0 radical (unpaired) electrons. The van der Waals surface area contributed by atoms with Gasteiger partial charge in [-0.25, -0.2) is 0 Å². The molecule has 2 heterocycles. The Morgan fingerprint density at radius 1 is 0.970 bits per heavy atom. The zero-order valence-electron chi connectivity index (χ0n) is 19.0. The Labute approximate surface area is 193 Å². The lowest BCUT2D eigenvalue weighted by molar-refractivity contribution is -0.129. The normalized spacial score (nSPS) is 16.5. The topological polar surface area (TPSA) is 83.4 Å². The van der Waals surface area contributed by atoms with E-state index >= 15 is 0 Å². The van der Waals surface area contributed by atoms with Crippen LogP contribution in [0, 0.1) is 19.8 Å². The number of aromatic nitrogens is 1. The zero-order valence-corrected chi connectivity index (χ0v) is 19.0. The molecule has 4 rings (SSSR count). The Hall–Kier alpha value is -3.87. The Morgan fingerprint density at radius 3 is 2.36 bits per heavy atom. The second-order valence-corrected chi connectivity index (χ2v) is 8.50. The molecule has 0 aliphatic carbocycles. The van der Waals surface area contributed by atoms with Gasteiger partial charge in [-0.3, -0.25) is 24.5 Å². The van der Waals surface area contributed by atoms with Crippen molar-refractivity contribution in [1.29, 1.82) is 0 Å². The smallest absolute Gasteiger partial charge is 0.270 e. The van der Waals surface area contributed by atoms with E-state index in [1.54, 1.807) is 33.8 Å². The maximum absolute atomic E-state index is 12.9. The molecule has 1 fully saturated rings. The van der Waals surface area contributed by atoms with E-state index in [1.165, 1.54) is 0 Å². The number of benzene rings is 2. The van der Waals surface area contributed by atoms with E-state index in [1.807, 2.05) is 63.2 Å². The average Bonchev–Trinajstić information content (AvgIpc) is 3.36. The summed E-state index contributed by atoms with van der Waals surface area (Å²) in [6, 6.07) is 20.4. The molecule has 33 heavy (non-hydrogen) atoms. The molecule has 1 saturated heterocycles. The maximum atomic E-state index is 12.9. The molecular formula is C26H28N4O3. The van der Waals surface area contributed by atoms with Crippen LogP contribution in [0.3, 0.4) is 0 Å². The molecule has 3 amide bonds. The van der Waals surface area contributed by atoms with Crippen LogP contribution in [0.2, 0.25) is 0 Å². The number of anilines is 1. The fraction of sp³-hybridized carbons (Fsp3) is 0.269. The summed E-state index contributed by atoms with van der Waals surface area (Å²) in [5.41, 5.74) is 6.70. The van der Waals surface area contributed by atoms with Crippen molar-refractivity contribution in [2.75, 3.05) is 17.3 Å². The van der Waals surface area contributed by atoms with Crippen LogP contribution >= 0.6 is 0 Å². The van der Waals surface area contributed by atoms with Crippen LogP contribution in [0.1, 0.15) is 46.7 Å². The molecule has 7 nitrogen and oxygen atoms in total. The number of carbonyl (C=O) groups is 3. The number of hydrogen-bond acceptors (Lipinski definition) is 3. The van der Waals surface area contributed by atoms with Crippen molar-refractivity contribution in [3.63, 3.8) is 0 Å². The maximum Gasteiger partial charge on any atom is 0.270 e. The van der Waals surface area contributed by atoms with Gasteiger partial charge in [-0.2, -0.15) is 0 Å². The Kier molecular flexibility index (Phi) is 6.31. The molecule has 0 spiro atoms. The highest BCUT2D eigenvalue weighted by atomic mass is 16.2. The van der Waals surface area contributed by atoms with Gasteiger partial charge in [-0.1, -0.05) is 36.4 Å². The number of hydrogen-bond donors (Lipinski definition) is 2. The van der Waals surface area contributed by atoms with Crippen molar-refractivity contribution in [3.05, 3.63) is 89.2 Å². The number of aryl methyl sites for hydroxylation is 2. The number of nitrogens with zero attached hydrogens (tertiary/aromatic N) is 2. The number of likely N-dealkylation sites (tertiary alicyclic amines) is 1. The second-order valence-electron chi connectivity index (χ2n) is 8.50. The van der Waals surface area contributed by atoms with Gasteiger partial charge < -0.3 is 10.2 Å². The van der Waals surface area contributed by atoms with Gasteiger partial charge in [0.1, 0.15) is 0 Å². The third kappa shape index (κ3) is 4.82. The molecule has 0 bridgehead atoms. The number of rotatable bonds is 6. The van der Waals surface area contributed by atoms with Crippen molar-refractivity contribution in [2.24, 2.45) is 5.92 Å². The van der Waals surface area contributed by atoms with Crippen molar-refractivity contribution in [1.82, 2.24) is 9.58 Å². The van der Waals surface area contributed by atoms with E-state index in [9.17, 15) is 14.4 Å². The van der Waals surface area contributed by atoms with Gasteiger partial charge in [-0.05, 0) is 56.7 Å². The van der Waals surface area contributed by atoms with Crippen LogP contribution in [0.15, 0.2) is 66.7 Å². The highest BCUT2D eigenvalue weighted by Crippen LogP contribution is 2.29. The van der Waals surface area contributed by atoms with E-state index in [4.69, 9.17) is 0 Å². The van der Waals surface area contributed by atoms with Crippen LogP contribution in [0.5, 0.6) is 0 Å². The highest BCUT2D eigenvalue weighted by Gasteiger charge is 2.37. The zero-order chi connectivity index (χ0) is 23.5. The minimum atomic E-state index is -0.439. The Morgan fingerprint density at radius 2 is 1.67 bits per heavy atom. The van der Waals surface area contributed by atoms with E-state index in [-0.39, 0.29) is 30.2 Å². The number of carbonyl (C=O) groups excluding carboxylic acids is 3. The molecule has 2 N–H and O–H groups in total. The molecule has 170 valence electrons. The second kappa shape index (κ2) is 9.32. The van der Waals surface area contributed by atoms with Crippen molar-refractivity contribution in [3.8, 4) is 0 Å². The summed E-state index contributed by atoms with van der Waals surface area (Å²) in [6.07, 6.45) is 0.176. The van der Waals surface area contributed by atoms with Gasteiger partial charge >= 0.3 is 0 Å². The molecule has 0 unspecified atom stereocenters. The first kappa shape index (κ1) is 22.3. The summed E-state index contributed by atoms with van der Waals surface area (Å²) >= 11 is 0. The van der Waals surface area contributed by atoms with Crippen LogP contribution in [-0.4, -0.2) is 33.8 Å². The standard InChI is InChI=1S/C26H28N4O3/c1-17-12-13-18(2)30(17)28-26(33)21-10-7-11-23(14-21)27-25(32)22-15-24(31)29(16-22)19(3)20-8-5-4-6-9-20/h4-14,19,22H,15-16H2,1-3H3,(H,27,32)(H,28,33)/t19-,22+/m1/s1. The molecule has 3 aromatic rings. The molecule has 1 aromatic heterocycles. The van der Waals surface area contributed by atoms with Crippen LogP contribution in [0.25, 0.3) is 0 Å². The largest absolute Gasteiger partial charge is 0.335 e. The minimum Gasteiger partial charge on any atom is -0.335 e.